The van der Waals surface area contributed by atoms with Crippen LogP contribution in [0.2, 0.25) is 0 Å². The summed E-state index contributed by atoms with van der Waals surface area (Å²) in [7, 11) is 1.54. The van der Waals surface area contributed by atoms with E-state index in [0.717, 1.165) is 12.1 Å². The fourth-order valence-corrected chi connectivity index (χ4v) is 5.29. The van der Waals surface area contributed by atoms with Crippen LogP contribution in [0.25, 0.3) is 11.3 Å². The maximum absolute atomic E-state index is 15.9. The smallest absolute Gasteiger partial charge is 0.246 e. The molecular formula is C31H34F2N6O3. The predicted molar refractivity (Wildman–Crippen MR) is 158 cm³/mol. The second-order valence-corrected chi connectivity index (χ2v) is 10.4. The van der Waals surface area contributed by atoms with Gasteiger partial charge in [0.05, 0.1) is 22.5 Å². The zero-order valence-electron chi connectivity index (χ0n) is 24.3. The molecule has 42 heavy (non-hydrogen) atoms. The lowest BCUT2D eigenvalue weighted by Crippen LogP contribution is -2.55. The minimum Gasteiger partial charge on any atom is -0.507 e. The largest absolute Gasteiger partial charge is 0.507 e. The SMILES string of the molecule is C=CC(=O)N1CCN(C(=NC)c2cc(F)c(-c3c(O)cccc3F)nc2N(C=O)c2c(C)ccnc2C(C)C)C[C@@H]1C. The standard InChI is InChI=1S/C31H34F2N6O3/c1-7-25(42)38-14-13-37(16-20(38)5)30(34-6)21-15-23(33)28(26-22(32)9-8-10-24(26)41)36-31(21)39(17-40)29-19(4)11-12-35-27(29)18(2)3/h7-12,15,17-18,20,41H,1,13-14,16H2,2-6H3/t20-/m0/s1. The third-order valence-corrected chi connectivity index (χ3v) is 7.30. The number of nitrogens with zero attached hydrogens (tertiary/aromatic N) is 6. The molecule has 1 aliphatic rings. The summed E-state index contributed by atoms with van der Waals surface area (Å²) in [5.41, 5.74) is 1.06. The van der Waals surface area contributed by atoms with E-state index >= 15 is 4.39 Å². The molecule has 1 fully saturated rings. The lowest BCUT2D eigenvalue weighted by molar-refractivity contribution is -0.129. The first-order chi connectivity index (χ1) is 20.0. The number of anilines is 2. The molecule has 1 atom stereocenters. The number of halogens is 2. The Labute approximate surface area is 243 Å². The number of carbonyl (C=O) groups excluding carboxylic acids is 2. The number of hydrogen-bond donors (Lipinski definition) is 1. The van der Waals surface area contributed by atoms with Crippen molar-refractivity contribution >= 4 is 29.7 Å². The van der Waals surface area contributed by atoms with Crippen LogP contribution in [0.15, 0.2) is 54.2 Å². The van der Waals surface area contributed by atoms with E-state index in [-0.39, 0.29) is 29.2 Å². The number of hydrogen-bond acceptors (Lipinski definition) is 6. The van der Waals surface area contributed by atoms with Crippen LogP contribution in [-0.4, -0.2) is 75.8 Å². The van der Waals surface area contributed by atoms with Crippen molar-refractivity contribution in [3.63, 3.8) is 0 Å². The van der Waals surface area contributed by atoms with Crippen LogP contribution >= 0.6 is 0 Å². The minimum atomic E-state index is -0.915. The number of carbonyl (C=O) groups is 2. The molecule has 3 heterocycles. The number of pyridine rings is 2. The number of aryl methyl sites for hydroxylation is 1. The van der Waals surface area contributed by atoms with E-state index in [9.17, 15) is 19.1 Å². The molecule has 4 rings (SSSR count). The van der Waals surface area contributed by atoms with Crippen molar-refractivity contribution in [1.29, 1.82) is 0 Å². The Morgan fingerprint density at radius 3 is 2.57 bits per heavy atom. The highest BCUT2D eigenvalue weighted by molar-refractivity contribution is 6.06. The first-order valence-electron chi connectivity index (χ1n) is 13.6. The highest BCUT2D eigenvalue weighted by Crippen LogP contribution is 2.39. The average Bonchev–Trinajstić information content (AvgIpc) is 2.95. The van der Waals surface area contributed by atoms with Crippen LogP contribution in [0.3, 0.4) is 0 Å². The highest BCUT2D eigenvalue weighted by Gasteiger charge is 2.32. The highest BCUT2D eigenvalue weighted by atomic mass is 19.1. The molecule has 0 saturated carbocycles. The third-order valence-electron chi connectivity index (χ3n) is 7.30. The molecule has 0 spiro atoms. The first kappa shape index (κ1) is 30.3. The molecule has 1 aromatic carbocycles. The quantitative estimate of drug-likeness (QED) is 0.185. The third kappa shape index (κ3) is 5.59. The van der Waals surface area contributed by atoms with Crippen LogP contribution in [-0.2, 0) is 9.59 Å². The Morgan fingerprint density at radius 2 is 1.98 bits per heavy atom. The van der Waals surface area contributed by atoms with Gasteiger partial charge in [-0.15, -0.1) is 0 Å². The van der Waals surface area contributed by atoms with Crippen LogP contribution < -0.4 is 4.90 Å². The molecule has 220 valence electrons. The molecule has 3 aromatic rings. The Kier molecular flexibility index (Phi) is 8.99. The van der Waals surface area contributed by atoms with Crippen molar-refractivity contribution in [3.8, 4) is 17.0 Å². The van der Waals surface area contributed by atoms with Gasteiger partial charge in [-0.05, 0) is 55.7 Å². The summed E-state index contributed by atoms with van der Waals surface area (Å²) in [5, 5.41) is 10.5. The number of phenols is 1. The number of phenolic OH excluding ortho intramolecular Hbond substituents is 1. The number of aliphatic imine (C=N–C) groups is 1. The van der Waals surface area contributed by atoms with Gasteiger partial charge in [0, 0.05) is 38.9 Å². The van der Waals surface area contributed by atoms with Gasteiger partial charge in [-0.3, -0.25) is 24.5 Å². The summed E-state index contributed by atoms with van der Waals surface area (Å²) >= 11 is 0. The lowest BCUT2D eigenvalue weighted by Gasteiger charge is -2.41. The molecule has 1 saturated heterocycles. The summed E-state index contributed by atoms with van der Waals surface area (Å²) in [5.74, 6) is -2.25. The van der Waals surface area contributed by atoms with E-state index in [4.69, 9.17) is 0 Å². The molecule has 0 unspecified atom stereocenters. The molecule has 0 radical (unpaired) electrons. The Balaban J connectivity index is 1.97. The fourth-order valence-electron chi connectivity index (χ4n) is 5.29. The minimum absolute atomic E-state index is 0.0140. The zero-order valence-corrected chi connectivity index (χ0v) is 24.3. The van der Waals surface area contributed by atoms with Crippen LogP contribution in [0, 0.1) is 18.6 Å². The average molecular weight is 577 g/mol. The molecule has 0 aliphatic carbocycles. The van der Waals surface area contributed by atoms with Crippen molar-refractivity contribution in [2.75, 3.05) is 31.6 Å². The van der Waals surface area contributed by atoms with Gasteiger partial charge < -0.3 is 14.9 Å². The van der Waals surface area contributed by atoms with Gasteiger partial charge in [-0.1, -0.05) is 26.5 Å². The zero-order chi connectivity index (χ0) is 30.7. The van der Waals surface area contributed by atoms with E-state index in [1.165, 1.54) is 23.1 Å². The second kappa shape index (κ2) is 12.5. The van der Waals surface area contributed by atoms with Crippen molar-refractivity contribution in [2.45, 2.75) is 39.7 Å². The van der Waals surface area contributed by atoms with Gasteiger partial charge in [0.15, 0.2) is 11.6 Å². The molecule has 11 heteroatoms. The lowest BCUT2D eigenvalue weighted by atomic mass is 10.0. The fraction of sp³-hybridized carbons (Fsp3) is 0.323. The summed E-state index contributed by atoms with van der Waals surface area (Å²) in [6, 6.07) is 6.30. The molecule has 1 aliphatic heterocycles. The summed E-state index contributed by atoms with van der Waals surface area (Å²) in [6.07, 6.45) is 3.46. The topological polar surface area (TPSA) is 102 Å². The molecular weight excluding hydrogens is 542 g/mol. The number of aromatic nitrogens is 2. The Bertz CT molecular complexity index is 1540. The van der Waals surface area contributed by atoms with Crippen molar-refractivity contribution in [3.05, 3.63) is 77.6 Å². The molecule has 9 nitrogen and oxygen atoms in total. The number of piperazine rings is 1. The number of amidine groups is 1. The Hall–Kier alpha value is -4.67. The molecule has 2 aromatic heterocycles. The van der Waals surface area contributed by atoms with Crippen LogP contribution in [0.4, 0.5) is 20.3 Å². The monoisotopic (exact) mass is 576 g/mol. The van der Waals surface area contributed by atoms with E-state index in [1.54, 1.807) is 24.2 Å². The number of amides is 2. The molecule has 2 amide bonds. The van der Waals surface area contributed by atoms with Gasteiger partial charge >= 0.3 is 0 Å². The van der Waals surface area contributed by atoms with E-state index in [2.05, 4.69) is 21.5 Å². The van der Waals surface area contributed by atoms with Gasteiger partial charge in [-0.2, -0.15) is 0 Å². The Morgan fingerprint density at radius 1 is 1.24 bits per heavy atom. The van der Waals surface area contributed by atoms with E-state index < -0.39 is 28.6 Å². The molecule has 0 bridgehead atoms. The van der Waals surface area contributed by atoms with Gasteiger partial charge in [-0.25, -0.2) is 13.8 Å². The van der Waals surface area contributed by atoms with Gasteiger partial charge in [0.1, 0.15) is 23.1 Å². The number of rotatable bonds is 7. The number of benzene rings is 1. The van der Waals surface area contributed by atoms with Crippen LogP contribution in [0.1, 0.15) is 43.5 Å². The first-order valence-corrected chi connectivity index (χ1v) is 13.6. The van der Waals surface area contributed by atoms with Crippen molar-refractivity contribution in [1.82, 2.24) is 19.8 Å². The molecule has 1 N–H and O–H groups in total. The normalized spacial score (nSPS) is 15.6. The van der Waals surface area contributed by atoms with E-state index in [1.807, 2.05) is 32.6 Å². The summed E-state index contributed by atoms with van der Waals surface area (Å²) < 4.78 is 30.8. The summed E-state index contributed by atoms with van der Waals surface area (Å²) in [6.45, 7) is 12.2. The predicted octanol–water partition coefficient (Wildman–Crippen LogP) is 4.95. The van der Waals surface area contributed by atoms with Gasteiger partial charge in [0.2, 0.25) is 12.3 Å². The maximum Gasteiger partial charge on any atom is 0.246 e. The maximum atomic E-state index is 15.9. The second-order valence-electron chi connectivity index (χ2n) is 10.4. The number of aromatic hydroxyl groups is 1. The van der Waals surface area contributed by atoms with Crippen molar-refractivity contribution in [2.24, 2.45) is 4.99 Å². The van der Waals surface area contributed by atoms with E-state index in [0.29, 0.717) is 48.8 Å². The van der Waals surface area contributed by atoms with Crippen molar-refractivity contribution < 1.29 is 23.5 Å². The van der Waals surface area contributed by atoms with Crippen LogP contribution in [0.5, 0.6) is 5.75 Å². The van der Waals surface area contributed by atoms with Gasteiger partial charge in [0.25, 0.3) is 0 Å². The summed E-state index contributed by atoms with van der Waals surface area (Å²) in [4.78, 5) is 43.5.